The van der Waals surface area contributed by atoms with E-state index in [1.807, 2.05) is 39.2 Å². The number of benzene rings is 2. The number of carbonyl (C=O) groups is 1. The van der Waals surface area contributed by atoms with Crippen LogP contribution < -0.4 is 15.5 Å². The quantitative estimate of drug-likeness (QED) is 0.851. The topological polar surface area (TPSA) is 44.4 Å². The molecule has 1 atom stereocenters. The minimum absolute atomic E-state index is 0.00873. The normalized spacial score (nSPS) is 11.7. The number of anilines is 1. The Morgan fingerprint density at radius 1 is 1.08 bits per heavy atom. The first-order valence-electron chi connectivity index (χ1n) is 8.33. The molecule has 0 aliphatic heterocycles. The number of nitrogens with one attached hydrogen (secondary N) is 2. The van der Waals surface area contributed by atoms with Crippen LogP contribution in [0, 0.1) is 6.92 Å². The Labute approximate surface area is 144 Å². The average molecular weight is 325 g/mol. The molecule has 0 aliphatic rings. The van der Waals surface area contributed by atoms with E-state index in [1.165, 1.54) is 16.8 Å². The highest BCUT2D eigenvalue weighted by molar-refractivity contribution is 5.74. The van der Waals surface area contributed by atoms with Crippen molar-refractivity contribution in [1.82, 2.24) is 10.6 Å². The lowest BCUT2D eigenvalue weighted by atomic mass is 10.0. The van der Waals surface area contributed by atoms with Gasteiger partial charge >= 0.3 is 6.03 Å². The van der Waals surface area contributed by atoms with Gasteiger partial charge in [0.1, 0.15) is 0 Å². The minimum atomic E-state index is -0.129. The van der Waals surface area contributed by atoms with Gasteiger partial charge in [-0.2, -0.15) is 0 Å². The van der Waals surface area contributed by atoms with Crippen LogP contribution >= 0.6 is 0 Å². The highest BCUT2D eigenvalue weighted by atomic mass is 16.2. The molecule has 4 nitrogen and oxygen atoms in total. The van der Waals surface area contributed by atoms with Gasteiger partial charge in [-0.05, 0) is 49.1 Å². The number of aryl methyl sites for hydroxylation is 1. The molecule has 2 N–H and O–H groups in total. The number of nitrogens with zero attached hydrogens (tertiary/aromatic N) is 1. The van der Waals surface area contributed by atoms with E-state index in [2.05, 4.69) is 52.8 Å². The van der Waals surface area contributed by atoms with E-state index in [-0.39, 0.29) is 12.1 Å². The Hall–Kier alpha value is -2.49. The number of carbonyl (C=O) groups excluding carboxylic acids is 1. The molecule has 0 radical (unpaired) electrons. The first-order valence-corrected chi connectivity index (χ1v) is 8.33. The van der Waals surface area contributed by atoms with E-state index in [0.29, 0.717) is 6.54 Å². The second kappa shape index (κ2) is 8.39. The zero-order valence-corrected chi connectivity index (χ0v) is 15.0. The van der Waals surface area contributed by atoms with Crippen molar-refractivity contribution in [1.29, 1.82) is 0 Å². The molecule has 2 amide bonds. The number of amides is 2. The SMILES string of the molecule is Cc1ccccc1C(C)NC(=O)NCCc1ccc(N(C)C)cc1. The fourth-order valence-electron chi connectivity index (χ4n) is 2.68. The molecule has 2 rings (SSSR count). The molecule has 128 valence electrons. The lowest BCUT2D eigenvalue weighted by Gasteiger charge is -2.17. The molecule has 1 unspecified atom stereocenters. The third-order valence-electron chi connectivity index (χ3n) is 4.15. The van der Waals surface area contributed by atoms with Gasteiger partial charge in [0.05, 0.1) is 6.04 Å². The van der Waals surface area contributed by atoms with Gasteiger partial charge in [-0.25, -0.2) is 4.79 Å². The summed E-state index contributed by atoms with van der Waals surface area (Å²) < 4.78 is 0. The molecule has 0 aliphatic carbocycles. The Kier molecular flexibility index (Phi) is 6.24. The number of hydrogen-bond acceptors (Lipinski definition) is 2. The van der Waals surface area contributed by atoms with Gasteiger partial charge in [0, 0.05) is 26.3 Å². The van der Waals surface area contributed by atoms with E-state index in [9.17, 15) is 4.79 Å². The van der Waals surface area contributed by atoms with Gasteiger partial charge in [0.15, 0.2) is 0 Å². The maximum absolute atomic E-state index is 12.0. The van der Waals surface area contributed by atoms with Crippen molar-refractivity contribution >= 4 is 11.7 Å². The number of rotatable bonds is 6. The summed E-state index contributed by atoms with van der Waals surface area (Å²) in [7, 11) is 4.05. The zero-order chi connectivity index (χ0) is 17.5. The second-order valence-corrected chi connectivity index (χ2v) is 6.29. The maximum Gasteiger partial charge on any atom is 0.315 e. The van der Waals surface area contributed by atoms with Gasteiger partial charge < -0.3 is 15.5 Å². The molecule has 0 spiro atoms. The van der Waals surface area contributed by atoms with Crippen LogP contribution in [0.15, 0.2) is 48.5 Å². The molecule has 24 heavy (non-hydrogen) atoms. The van der Waals surface area contributed by atoms with E-state index in [0.717, 1.165) is 12.0 Å². The van der Waals surface area contributed by atoms with Gasteiger partial charge in [-0.15, -0.1) is 0 Å². The fraction of sp³-hybridized carbons (Fsp3) is 0.350. The molecule has 0 heterocycles. The highest BCUT2D eigenvalue weighted by Crippen LogP contribution is 2.16. The van der Waals surface area contributed by atoms with E-state index in [1.54, 1.807) is 0 Å². The van der Waals surface area contributed by atoms with Gasteiger partial charge in [-0.1, -0.05) is 36.4 Å². The Balaban J connectivity index is 1.78. The van der Waals surface area contributed by atoms with Gasteiger partial charge in [-0.3, -0.25) is 0 Å². The summed E-state index contributed by atoms with van der Waals surface area (Å²) in [5, 5.41) is 5.92. The van der Waals surface area contributed by atoms with Crippen molar-refractivity contribution in [3.63, 3.8) is 0 Å². The molecule has 2 aromatic rings. The van der Waals surface area contributed by atoms with Gasteiger partial charge in [0.2, 0.25) is 0 Å². The molecule has 0 aromatic heterocycles. The van der Waals surface area contributed by atoms with Crippen LogP contribution in [0.1, 0.15) is 29.7 Å². The predicted molar refractivity (Wildman–Crippen MR) is 101 cm³/mol. The zero-order valence-electron chi connectivity index (χ0n) is 15.0. The van der Waals surface area contributed by atoms with Crippen LogP contribution in [-0.2, 0) is 6.42 Å². The minimum Gasteiger partial charge on any atom is -0.378 e. The molecule has 2 aromatic carbocycles. The molecular weight excluding hydrogens is 298 g/mol. The number of hydrogen-bond donors (Lipinski definition) is 2. The van der Waals surface area contributed by atoms with Crippen molar-refractivity contribution in [3.05, 3.63) is 65.2 Å². The van der Waals surface area contributed by atoms with Crippen molar-refractivity contribution < 1.29 is 4.79 Å². The first kappa shape index (κ1) is 17.9. The highest BCUT2D eigenvalue weighted by Gasteiger charge is 2.10. The molecule has 0 bridgehead atoms. The lowest BCUT2D eigenvalue weighted by molar-refractivity contribution is 0.238. The van der Waals surface area contributed by atoms with Crippen molar-refractivity contribution in [2.75, 3.05) is 25.5 Å². The van der Waals surface area contributed by atoms with Crippen LogP contribution in [0.5, 0.6) is 0 Å². The van der Waals surface area contributed by atoms with Crippen LogP contribution in [0.2, 0.25) is 0 Å². The fourth-order valence-corrected chi connectivity index (χ4v) is 2.68. The third kappa shape index (κ3) is 5.01. The van der Waals surface area contributed by atoms with E-state index < -0.39 is 0 Å². The monoisotopic (exact) mass is 325 g/mol. The number of urea groups is 1. The smallest absolute Gasteiger partial charge is 0.315 e. The summed E-state index contributed by atoms with van der Waals surface area (Å²) in [6, 6.07) is 16.4. The first-order chi connectivity index (χ1) is 11.5. The van der Waals surface area contributed by atoms with Crippen molar-refractivity contribution in [2.24, 2.45) is 0 Å². The lowest BCUT2D eigenvalue weighted by Crippen LogP contribution is -2.38. The molecule has 4 heteroatoms. The molecule has 0 saturated heterocycles. The summed E-state index contributed by atoms with van der Waals surface area (Å²) in [6.07, 6.45) is 0.819. The Morgan fingerprint density at radius 3 is 2.38 bits per heavy atom. The summed E-state index contributed by atoms with van der Waals surface area (Å²) in [6.45, 7) is 4.68. The predicted octanol–water partition coefficient (Wildman–Crippen LogP) is 3.66. The summed E-state index contributed by atoms with van der Waals surface area (Å²) in [4.78, 5) is 14.1. The summed E-state index contributed by atoms with van der Waals surface area (Å²) >= 11 is 0. The van der Waals surface area contributed by atoms with Crippen LogP contribution in [0.3, 0.4) is 0 Å². The van der Waals surface area contributed by atoms with Crippen molar-refractivity contribution in [2.45, 2.75) is 26.3 Å². The molecule has 0 fully saturated rings. The molecular formula is C20H27N3O. The Bertz CT molecular complexity index is 665. The second-order valence-electron chi connectivity index (χ2n) is 6.29. The van der Waals surface area contributed by atoms with Gasteiger partial charge in [0.25, 0.3) is 0 Å². The van der Waals surface area contributed by atoms with E-state index in [4.69, 9.17) is 0 Å². The van der Waals surface area contributed by atoms with Crippen LogP contribution in [-0.4, -0.2) is 26.7 Å². The summed E-state index contributed by atoms with van der Waals surface area (Å²) in [5.41, 5.74) is 4.72. The maximum atomic E-state index is 12.0. The molecule has 0 saturated carbocycles. The Morgan fingerprint density at radius 2 is 1.75 bits per heavy atom. The van der Waals surface area contributed by atoms with Crippen molar-refractivity contribution in [3.8, 4) is 0 Å². The average Bonchev–Trinajstić information content (AvgIpc) is 2.55. The van der Waals surface area contributed by atoms with E-state index >= 15 is 0 Å². The largest absolute Gasteiger partial charge is 0.378 e. The standard InChI is InChI=1S/C20H27N3O/c1-15-7-5-6-8-19(15)16(2)22-20(24)21-14-13-17-9-11-18(12-10-17)23(3)4/h5-12,16H,13-14H2,1-4H3,(H2,21,22,24). The van der Waals surface area contributed by atoms with Crippen LogP contribution in [0.4, 0.5) is 10.5 Å². The van der Waals surface area contributed by atoms with Crippen LogP contribution in [0.25, 0.3) is 0 Å². The summed E-state index contributed by atoms with van der Waals surface area (Å²) in [5.74, 6) is 0. The third-order valence-corrected chi connectivity index (χ3v) is 4.15.